The van der Waals surface area contributed by atoms with Gasteiger partial charge in [0.2, 0.25) is 0 Å². The van der Waals surface area contributed by atoms with Crippen molar-refractivity contribution in [2.24, 2.45) is 0 Å². The predicted octanol–water partition coefficient (Wildman–Crippen LogP) is 2.22. The maximum Gasteiger partial charge on any atom is 0.124 e. The molecule has 1 aliphatic rings. The van der Waals surface area contributed by atoms with E-state index in [0.717, 1.165) is 5.69 Å². The van der Waals surface area contributed by atoms with Gasteiger partial charge in [0.25, 0.3) is 0 Å². The smallest absolute Gasteiger partial charge is 0.124 e. The highest BCUT2D eigenvalue weighted by Gasteiger charge is 2.25. The van der Waals surface area contributed by atoms with Crippen LogP contribution in [0.2, 0.25) is 0 Å². The molecule has 0 spiro atoms. The number of hydrogen-bond acceptors (Lipinski definition) is 4. The Morgan fingerprint density at radius 2 is 2.57 bits per heavy atom. The molecule has 2 heterocycles. The third-order valence-electron chi connectivity index (χ3n) is 2.74. The molecule has 4 heteroatoms. The molecule has 0 aromatic carbocycles. The number of nitrogens with zero attached hydrogens (tertiary/aromatic N) is 1. The molecular formula is C10H16N2OS. The second-order valence-corrected chi connectivity index (χ2v) is 5.27. The molecule has 3 atom stereocenters. The zero-order chi connectivity index (χ0) is 9.97. The van der Waals surface area contributed by atoms with Gasteiger partial charge in [-0.25, -0.2) is 0 Å². The second-order valence-electron chi connectivity index (χ2n) is 3.78. The fourth-order valence-electron chi connectivity index (χ4n) is 1.80. The van der Waals surface area contributed by atoms with Gasteiger partial charge in [0.05, 0.1) is 6.04 Å². The summed E-state index contributed by atoms with van der Waals surface area (Å²) >= 11 is 2.04. The first kappa shape index (κ1) is 10.1. The van der Waals surface area contributed by atoms with Gasteiger partial charge < -0.3 is 9.84 Å². The molecule has 1 aromatic heterocycles. The van der Waals surface area contributed by atoms with Gasteiger partial charge in [-0.1, -0.05) is 12.1 Å². The average molecular weight is 212 g/mol. The normalized spacial score (nSPS) is 29.3. The van der Waals surface area contributed by atoms with E-state index in [0.29, 0.717) is 17.3 Å². The van der Waals surface area contributed by atoms with E-state index in [9.17, 15) is 0 Å². The van der Waals surface area contributed by atoms with Gasteiger partial charge in [-0.3, -0.25) is 0 Å². The lowest BCUT2D eigenvalue weighted by Gasteiger charge is -2.20. The number of thioether (sulfide) groups is 1. The Bertz CT molecular complexity index is 276. The Kier molecular flexibility index (Phi) is 3.13. The first-order valence-corrected chi connectivity index (χ1v) is 6.10. The summed E-state index contributed by atoms with van der Waals surface area (Å²) in [6, 6.07) is 2.83. The third-order valence-corrected chi connectivity index (χ3v) is 4.07. The van der Waals surface area contributed by atoms with Crippen molar-refractivity contribution >= 4 is 11.8 Å². The minimum Gasteiger partial charge on any atom is -0.364 e. The maximum atomic E-state index is 4.83. The van der Waals surface area contributed by atoms with E-state index in [1.165, 1.54) is 12.2 Å². The lowest BCUT2D eigenvalue weighted by Crippen LogP contribution is -2.35. The number of aromatic nitrogens is 1. The van der Waals surface area contributed by atoms with Crippen LogP contribution in [0.15, 0.2) is 16.9 Å². The van der Waals surface area contributed by atoms with Crippen LogP contribution in [-0.2, 0) is 0 Å². The Balaban J connectivity index is 1.91. The largest absolute Gasteiger partial charge is 0.364 e. The Labute approximate surface area is 88.6 Å². The van der Waals surface area contributed by atoms with Crippen LogP contribution in [0.1, 0.15) is 32.0 Å². The summed E-state index contributed by atoms with van der Waals surface area (Å²) in [4.78, 5) is 0. The fraction of sp³-hybridized carbons (Fsp3) is 0.700. The summed E-state index contributed by atoms with van der Waals surface area (Å²) < 4.78 is 4.83. The Morgan fingerprint density at radius 3 is 3.14 bits per heavy atom. The summed E-state index contributed by atoms with van der Waals surface area (Å²) in [6.45, 7) is 4.42. The third kappa shape index (κ3) is 2.12. The minimum atomic E-state index is 0.292. The molecule has 14 heavy (non-hydrogen) atoms. The van der Waals surface area contributed by atoms with Gasteiger partial charge in [0.15, 0.2) is 0 Å². The van der Waals surface area contributed by atoms with Crippen molar-refractivity contribution in [2.45, 2.75) is 37.6 Å². The monoisotopic (exact) mass is 212 g/mol. The van der Waals surface area contributed by atoms with E-state index in [1.54, 1.807) is 6.26 Å². The molecule has 3 nitrogen and oxygen atoms in total. The summed E-state index contributed by atoms with van der Waals surface area (Å²) in [6.07, 6.45) is 2.88. The van der Waals surface area contributed by atoms with Crippen molar-refractivity contribution in [2.75, 3.05) is 5.75 Å². The van der Waals surface area contributed by atoms with E-state index in [4.69, 9.17) is 4.52 Å². The molecular weight excluding hydrogens is 196 g/mol. The predicted molar refractivity (Wildman–Crippen MR) is 58.4 cm³/mol. The molecule has 1 aromatic rings. The lowest BCUT2D eigenvalue weighted by atomic mass is 10.1. The van der Waals surface area contributed by atoms with Gasteiger partial charge >= 0.3 is 0 Å². The van der Waals surface area contributed by atoms with Crippen LogP contribution < -0.4 is 5.32 Å². The first-order valence-electron chi connectivity index (χ1n) is 5.05. The highest BCUT2D eigenvalue weighted by atomic mass is 32.2. The molecule has 0 radical (unpaired) electrons. The van der Waals surface area contributed by atoms with Crippen LogP contribution in [0.5, 0.6) is 0 Å². The van der Waals surface area contributed by atoms with Gasteiger partial charge in [-0.2, -0.15) is 11.8 Å². The quantitative estimate of drug-likeness (QED) is 0.833. The maximum absolute atomic E-state index is 4.83. The van der Waals surface area contributed by atoms with Crippen molar-refractivity contribution in [1.82, 2.24) is 10.5 Å². The van der Waals surface area contributed by atoms with Gasteiger partial charge in [0.1, 0.15) is 12.0 Å². The van der Waals surface area contributed by atoms with Crippen LogP contribution in [-0.4, -0.2) is 22.2 Å². The molecule has 0 bridgehead atoms. The molecule has 0 saturated carbocycles. The standard InChI is InChI=1S/C10H16N2OS/c1-7(9-3-5-13-12-9)11-10-4-6-14-8(10)2/h3,5,7-8,10-11H,4,6H2,1-2H3. The van der Waals surface area contributed by atoms with Gasteiger partial charge in [0, 0.05) is 17.4 Å². The first-order chi connectivity index (χ1) is 6.77. The summed E-state index contributed by atoms with van der Waals surface area (Å²) in [5.74, 6) is 1.27. The lowest BCUT2D eigenvalue weighted by molar-refractivity contribution is 0.385. The van der Waals surface area contributed by atoms with Crippen molar-refractivity contribution in [1.29, 1.82) is 0 Å². The molecule has 3 unspecified atom stereocenters. The Hall–Kier alpha value is -0.480. The molecule has 1 saturated heterocycles. The molecule has 0 amide bonds. The highest BCUT2D eigenvalue weighted by molar-refractivity contribution is 8.00. The van der Waals surface area contributed by atoms with Crippen LogP contribution in [0, 0.1) is 0 Å². The molecule has 1 aliphatic heterocycles. The van der Waals surface area contributed by atoms with E-state index in [-0.39, 0.29) is 0 Å². The van der Waals surface area contributed by atoms with Crippen LogP contribution in [0.25, 0.3) is 0 Å². The highest BCUT2D eigenvalue weighted by Crippen LogP contribution is 2.27. The van der Waals surface area contributed by atoms with Crippen molar-refractivity contribution < 1.29 is 4.52 Å². The number of nitrogens with one attached hydrogen (secondary N) is 1. The van der Waals surface area contributed by atoms with Crippen LogP contribution >= 0.6 is 11.8 Å². The second kappa shape index (κ2) is 4.36. The topological polar surface area (TPSA) is 38.1 Å². The molecule has 0 aliphatic carbocycles. The number of hydrogen-bond donors (Lipinski definition) is 1. The Morgan fingerprint density at radius 1 is 1.71 bits per heavy atom. The van der Waals surface area contributed by atoms with Crippen molar-refractivity contribution in [3.63, 3.8) is 0 Å². The summed E-state index contributed by atoms with van der Waals surface area (Å²) in [7, 11) is 0. The zero-order valence-electron chi connectivity index (χ0n) is 8.56. The molecule has 2 rings (SSSR count). The van der Waals surface area contributed by atoms with E-state index in [1.807, 2.05) is 17.8 Å². The minimum absolute atomic E-state index is 0.292. The van der Waals surface area contributed by atoms with Crippen LogP contribution in [0.3, 0.4) is 0 Å². The van der Waals surface area contributed by atoms with Crippen LogP contribution in [0.4, 0.5) is 0 Å². The molecule has 78 valence electrons. The molecule has 1 N–H and O–H groups in total. The van der Waals surface area contributed by atoms with Gasteiger partial charge in [-0.05, 0) is 19.1 Å². The summed E-state index contributed by atoms with van der Waals surface area (Å²) in [5.41, 5.74) is 0.995. The van der Waals surface area contributed by atoms with E-state index >= 15 is 0 Å². The fourth-order valence-corrected chi connectivity index (χ4v) is 3.01. The van der Waals surface area contributed by atoms with Gasteiger partial charge in [-0.15, -0.1) is 0 Å². The van der Waals surface area contributed by atoms with Crippen molar-refractivity contribution in [3.05, 3.63) is 18.0 Å². The SMILES string of the molecule is CC(NC1CCSC1C)c1ccon1. The van der Waals surface area contributed by atoms with E-state index in [2.05, 4.69) is 24.3 Å². The molecule has 1 fully saturated rings. The summed E-state index contributed by atoms with van der Waals surface area (Å²) in [5, 5.41) is 8.24. The average Bonchev–Trinajstić information content (AvgIpc) is 2.77. The number of rotatable bonds is 3. The zero-order valence-corrected chi connectivity index (χ0v) is 9.38. The van der Waals surface area contributed by atoms with Crippen molar-refractivity contribution in [3.8, 4) is 0 Å². The van der Waals surface area contributed by atoms with E-state index < -0.39 is 0 Å².